The number of fused-ring (bicyclic) bond motifs is 1. The normalized spacial score (nSPS) is 17.6. The van der Waals surface area contributed by atoms with Crippen molar-refractivity contribution < 1.29 is 0 Å². The topological polar surface area (TPSA) is 46.3 Å². The van der Waals surface area contributed by atoms with Gasteiger partial charge in [-0.15, -0.1) is 0 Å². The van der Waals surface area contributed by atoms with E-state index in [-0.39, 0.29) is 0 Å². The van der Waals surface area contributed by atoms with Crippen LogP contribution in [0.25, 0.3) is 16.8 Å². The number of hydrogen-bond acceptors (Lipinski definition) is 4. The molecule has 4 rings (SSSR count). The molecule has 26 heavy (non-hydrogen) atoms. The average molecular weight is 349 g/mol. The number of hydrogen-bond donors (Lipinski definition) is 0. The van der Waals surface area contributed by atoms with Gasteiger partial charge in [0.1, 0.15) is 0 Å². The molecule has 0 amide bonds. The predicted octanol–water partition coefficient (Wildman–Crippen LogP) is 4.02. The van der Waals surface area contributed by atoms with Gasteiger partial charge in [-0.1, -0.05) is 20.3 Å². The molecule has 0 spiro atoms. The Balaban J connectivity index is 1.48. The molecule has 1 saturated heterocycles. The lowest BCUT2D eigenvalue weighted by Gasteiger charge is -2.32. The largest absolute Gasteiger partial charge is 0.303 e. The van der Waals surface area contributed by atoms with Gasteiger partial charge in [-0.25, -0.2) is 9.50 Å². The summed E-state index contributed by atoms with van der Waals surface area (Å²) in [6.07, 6.45) is 9.28. The summed E-state index contributed by atoms with van der Waals surface area (Å²) in [6.45, 7) is 8.16. The van der Waals surface area contributed by atoms with Crippen molar-refractivity contribution in [3.63, 3.8) is 0 Å². The maximum Gasteiger partial charge on any atom is 0.155 e. The summed E-state index contributed by atoms with van der Waals surface area (Å²) in [4.78, 5) is 11.5. The Morgan fingerprint density at radius 1 is 1.08 bits per heavy atom. The van der Waals surface area contributed by atoms with E-state index < -0.39 is 0 Å². The van der Waals surface area contributed by atoms with Crippen LogP contribution in [0.1, 0.15) is 44.9 Å². The monoisotopic (exact) mass is 349 g/mol. The van der Waals surface area contributed by atoms with Crippen molar-refractivity contribution in [3.8, 4) is 11.1 Å². The van der Waals surface area contributed by atoms with Crippen molar-refractivity contribution >= 4 is 5.65 Å². The molecule has 0 aliphatic carbocycles. The molecule has 0 saturated carbocycles. The summed E-state index contributed by atoms with van der Waals surface area (Å²) in [5, 5.41) is 4.80. The van der Waals surface area contributed by atoms with Crippen molar-refractivity contribution in [1.29, 1.82) is 0 Å². The van der Waals surface area contributed by atoms with Crippen LogP contribution in [0.3, 0.4) is 0 Å². The van der Waals surface area contributed by atoms with E-state index in [4.69, 9.17) is 10.1 Å². The van der Waals surface area contributed by atoms with E-state index >= 15 is 0 Å². The van der Waals surface area contributed by atoms with Gasteiger partial charge < -0.3 is 4.90 Å². The maximum atomic E-state index is 4.80. The van der Waals surface area contributed by atoms with Gasteiger partial charge in [0.05, 0.1) is 0 Å². The first-order valence-electron chi connectivity index (χ1n) is 9.72. The number of nitrogens with zero attached hydrogens (tertiary/aromatic N) is 5. The lowest BCUT2D eigenvalue weighted by atomic mass is 9.95. The first kappa shape index (κ1) is 17.2. The molecule has 3 aromatic rings. The zero-order valence-corrected chi connectivity index (χ0v) is 15.7. The summed E-state index contributed by atoms with van der Waals surface area (Å²) in [5.41, 5.74) is 3.22. The van der Waals surface area contributed by atoms with Gasteiger partial charge in [-0.05, 0) is 61.7 Å². The third kappa shape index (κ3) is 3.63. The lowest BCUT2D eigenvalue weighted by molar-refractivity contribution is 0.183. The van der Waals surface area contributed by atoms with Gasteiger partial charge in [0.25, 0.3) is 0 Å². The third-order valence-electron chi connectivity index (χ3n) is 5.58. The highest BCUT2D eigenvalue weighted by molar-refractivity contribution is 5.63. The fourth-order valence-electron chi connectivity index (χ4n) is 3.73. The molecular weight excluding hydrogens is 322 g/mol. The van der Waals surface area contributed by atoms with E-state index in [2.05, 4.69) is 42.1 Å². The minimum Gasteiger partial charge on any atom is -0.303 e. The molecule has 0 N–H and O–H groups in total. The Kier molecular flexibility index (Phi) is 4.98. The number of rotatable bonds is 5. The van der Waals surface area contributed by atoms with Crippen LogP contribution >= 0.6 is 0 Å². The Hall–Kier alpha value is -2.27. The molecule has 0 radical (unpaired) electrons. The molecule has 136 valence electrons. The standard InChI is InChI=1S/C21H27N5/c1-3-16(2)14-25-12-8-18(9-13-25)21-23-20-5-4-19(15-26(20)24-21)17-6-10-22-11-7-17/h4-7,10-11,15-16,18H,3,8-9,12-14H2,1-2H3/t16-/m0/s1. The van der Waals surface area contributed by atoms with Gasteiger partial charge in [0.2, 0.25) is 0 Å². The van der Waals surface area contributed by atoms with Gasteiger partial charge in [0, 0.05) is 36.6 Å². The summed E-state index contributed by atoms with van der Waals surface area (Å²) in [6, 6.07) is 8.21. The lowest BCUT2D eigenvalue weighted by Crippen LogP contribution is -2.36. The van der Waals surface area contributed by atoms with Crippen molar-refractivity contribution in [3.05, 3.63) is 48.7 Å². The van der Waals surface area contributed by atoms with Crippen LogP contribution in [0.15, 0.2) is 42.9 Å². The van der Waals surface area contributed by atoms with Crippen molar-refractivity contribution in [2.75, 3.05) is 19.6 Å². The maximum absolute atomic E-state index is 4.80. The zero-order valence-electron chi connectivity index (χ0n) is 15.7. The zero-order chi connectivity index (χ0) is 17.9. The van der Waals surface area contributed by atoms with Gasteiger partial charge in [0.15, 0.2) is 11.5 Å². The van der Waals surface area contributed by atoms with Crippen molar-refractivity contribution in [1.82, 2.24) is 24.5 Å². The van der Waals surface area contributed by atoms with Crippen LogP contribution in [0, 0.1) is 5.92 Å². The number of pyridine rings is 2. The van der Waals surface area contributed by atoms with Crippen LogP contribution in [0.2, 0.25) is 0 Å². The van der Waals surface area contributed by atoms with Crippen LogP contribution in [-0.2, 0) is 0 Å². The molecule has 0 unspecified atom stereocenters. The Bertz CT molecular complexity index is 849. The number of likely N-dealkylation sites (tertiary alicyclic amines) is 1. The molecule has 1 aliphatic rings. The van der Waals surface area contributed by atoms with Crippen LogP contribution in [0.4, 0.5) is 0 Å². The van der Waals surface area contributed by atoms with Crippen LogP contribution in [0.5, 0.6) is 0 Å². The Morgan fingerprint density at radius 2 is 1.85 bits per heavy atom. The molecule has 0 bridgehead atoms. The van der Waals surface area contributed by atoms with Crippen molar-refractivity contribution in [2.45, 2.75) is 39.0 Å². The molecule has 4 heterocycles. The third-order valence-corrected chi connectivity index (χ3v) is 5.58. The number of aromatic nitrogens is 4. The summed E-state index contributed by atoms with van der Waals surface area (Å²) in [7, 11) is 0. The predicted molar refractivity (Wildman–Crippen MR) is 104 cm³/mol. The second-order valence-electron chi connectivity index (χ2n) is 7.51. The first-order chi connectivity index (χ1) is 12.7. The van der Waals surface area contributed by atoms with E-state index in [0.29, 0.717) is 5.92 Å². The molecule has 3 aromatic heterocycles. The fraction of sp³-hybridized carbons (Fsp3) is 0.476. The smallest absolute Gasteiger partial charge is 0.155 e. The second-order valence-corrected chi connectivity index (χ2v) is 7.51. The summed E-state index contributed by atoms with van der Waals surface area (Å²) >= 11 is 0. The minimum absolute atomic E-state index is 0.479. The fourth-order valence-corrected chi connectivity index (χ4v) is 3.73. The molecule has 5 nitrogen and oxygen atoms in total. The minimum atomic E-state index is 0.479. The van der Waals surface area contributed by atoms with Crippen molar-refractivity contribution in [2.24, 2.45) is 5.92 Å². The summed E-state index contributed by atoms with van der Waals surface area (Å²) < 4.78 is 1.93. The summed E-state index contributed by atoms with van der Waals surface area (Å²) in [5.74, 6) is 2.26. The van der Waals surface area contributed by atoms with Crippen LogP contribution < -0.4 is 0 Å². The quantitative estimate of drug-likeness (QED) is 0.698. The van der Waals surface area contributed by atoms with Gasteiger partial charge >= 0.3 is 0 Å². The molecule has 1 aliphatic heterocycles. The highest BCUT2D eigenvalue weighted by Crippen LogP contribution is 2.27. The van der Waals surface area contributed by atoms with E-state index in [1.165, 1.54) is 13.0 Å². The van der Waals surface area contributed by atoms with E-state index in [0.717, 1.165) is 54.4 Å². The van der Waals surface area contributed by atoms with E-state index in [1.54, 1.807) is 0 Å². The average Bonchev–Trinajstić information content (AvgIpc) is 3.12. The van der Waals surface area contributed by atoms with Gasteiger partial charge in [-0.2, -0.15) is 5.10 Å². The molecule has 1 fully saturated rings. The Morgan fingerprint density at radius 3 is 2.58 bits per heavy atom. The molecule has 0 aromatic carbocycles. The SMILES string of the molecule is CC[C@H](C)CN1CCC(c2nc3ccc(-c4ccncc4)cn3n2)CC1. The van der Waals surface area contributed by atoms with Gasteiger partial charge in [-0.3, -0.25) is 4.98 Å². The van der Waals surface area contributed by atoms with E-state index in [9.17, 15) is 0 Å². The molecule has 1 atom stereocenters. The second kappa shape index (κ2) is 7.54. The number of piperidine rings is 1. The van der Waals surface area contributed by atoms with Crippen LogP contribution in [-0.4, -0.2) is 44.1 Å². The highest BCUT2D eigenvalue weighted by atomic mass is 15.3. The van der Waals surface area contributed by atoms with E-state index in [1.807, 2.05) is 29.0 Å². The molecule has 5 heteroatoms. The molecular formula is C21H27N5. The highest BCUT2D eigenvalue weighted by Gasteiger charge is 2.24. The first-order valence-corrected chi connectivity index (χ1v) is 9.72. The Labute approximate surface area is 155 Å².